The molecule has 0 aromatic heterocycles. The first-order valence-corrected chi connectivity index (χ1v) is 4.25. The Balaban J connectivity index is 0. The first kappa shape index (κ1) is 14.3. The summed E-state index contributed by atoms with van der Waals surface area (Å²) in [5.74, 6) is 0. The van der Waals surface area contributed by atoms with Gasteiger partial charge in [0.05, 0.1) is 26.4 Å². The van der Waals surface area contributed by atoms with Gasteiger partial charge in [-0.2, -0.15) is 8.42 Å². The molecule has 0 radical (unpaired) electrons. The second kappa shape index (κ2) is 7.40. The summed E-state index contributed by atoms with van der Waals surface area (Å²) in [6.07, 6.45) is 0. The van der Waals surface area contributed by atoms with Gasteiger partial charge in [0.25, 0.3) is 0 Å². The zero-order valence-corrected chi connectivity index (χ0v) is 7.08. The average Bonchev–Trinajstić information content (AvgIpc) is 1.88. The molecule has 1 heterocycles. The van der Waals surface area contributed by atoms with E-state index < -0.39 is 10.4 Å². The lowest BCUT2D eigenvalue weighted by molar-refractivity contribution is -0.0334. The molecule has 0 spiro atoms. The minimum Gasteiger partial charge on any atom is -0.412 e. The smallest absolute Gasteiger partial charge is 0.394 e. The van der Waals surface area contributed by atoms with E-state index in [0.29, 0.717) is 0 Å². The molecule has 4 N–H and O–H groups in total. The van der Waals surface area contributed by atoms with Crippen LogP contribution < -0.4 is 0 Å². The van der Waals surface area contributed by atoms with Crippen molar-refractivity contribution in [1.29, 1.82) is 0 Å². The van der Waals surface area contributed by atoms with Crippen molar-refractivity contribution in [2.75, 3.05) is 26.4 Å². The van der Waals surface area contributed by atoms with Crippen LogP contribution in [0.2, 0.25) is 0 Å². The van der Waals surface area contributed by atoms with Crippen LogP contribution >= 0.6 is 0 Å². The average molecular weight is 204 g/mol. The zero-order valence-electron chi connectivity index (χ0n) is 6.26. The second-order valence-corrected chi connectivity index (χ2v) is 2.57. The Labute approximate surface area is 70.2 Å². The molecule has 0 atom stereocenters. The Morgan fingerprint density at radius 2 is 1.08 bits per heavy atom. The molecule has 1 aliphatic heterocycles. The standard InChI is InChI=1S/C4H8O2.H2O4S.H2O/c1-2-6-4-3-5-1;1-5(2,3)4;/h1-4H2;(H2,1,2,3,4);1H2. The molecule has 0 bridgehead atoms. The molecule has 12 heavy (non-hydrogen) atoms. The van der Waals surface area contributed by atoms with Gasteiger partial charge >= 0.3 is 10.4 Å². The molecule has 0 saturated carbocycles. The quantitative estimate of drug-likeness (QED) is 0.465. The Kier molecular flexibility index (Phi) is 8.81. The summed E-state index contributed by atoms with van der Waals surface area (Å²) in [6.45, 7) is 3.11. The van der Waals surface area contributed by atoms with Gasteiger partial charge < -0.3 is 14.9 Å². The lowest BCUT2D eigenvalue weighted by atomic mass is 10.6. The fraction of sp³-hybridized carbons (Fsp3) is 1.00. The van der Waals surface area contributed by atoms with Crippen LogP contribution in [0.4, 0.5) is 0 Å². The molecule has 1 aliphatic rings. The number of hydrogen-bond acceptors (Lipinski definition) is 4. The summed E-state index contributed by atoms with van der Waals surface area (Å²) in [7, 11) is -4.67. The first-order chi connectivity index (χ1) is 5.00. The summed E-state index contributed by atoms with van der Waals surface area (Å²) < 4.78 is 41.5. The van der Waals surface area contributed by atoms with E-state index in [4.69, 9.17) is 27.0 Å². The lowest BCUT2D eigenvalue weighted by Gasteiger charge is -2.09. The summed E-state index contributed by atoms with van der Waals surface area (Å²) in [4.78, 5) is 0. The molecule has 0 aliphatic carbocycles. The summed E-state index contributed by atoms with van der Waals surface area (Å²) in [5, 5.41) is 0. The highest BCUT2D eigenvalue weighted by atomic mass is 32.3. The summed E-state index contributed by atoms with van der Waals surface area (Å²) in [6, 6.07) is 0. The van der Waals surface area contributed by atoms with Crippen molar-refractivity contribution in [3.8, 4) is 0 Å². The molecule has 0 aromatic rings. The van der Waals surface area contributed by atoms with E-state index in [9.17, 15) is 0 Å². The zero-order chi connectivity index (χ0) is 8.74. The monoisotopic (exact) mass is 204 g/mol. The van der Waals surface area contributed by atoms with Crippen LogP contribution in [-0.2, 0) is 19.9 Å². The Bertz CT molecular complexity index is 150. The number of hydrogen-bond donors (Lipinski definition) is 2. The SMILES string of the molecule is C1COCCO1.O.O=S(=O)(O)O. The van der Waals surface area contributed by atoms with Crippen molar-refractivity contribution in [3.63, 3.8) is 0 Å². The van der Waals surface area contributed by atoms with Crippen LogP contribution in [0.5, 0.6) is 0 Å². The van der Waals surface area contributed by atoms with E-state index in [1.807, 2.05) is 0 Å². The third-order valence-electron chi connectivity index (χ3n) is 0.744. The van der Waals surface area contributed by atoms with Crippen LogP contribution in [-0.4, -0.2) is 49.4 Å². The molecular weight excluding hydrogens is 192 g/mol. The van der Waals surface area contributed by atoms with Gasteiger partial charge in [0.2, 0.25) is 0 Å². The van der Waals surface area contributed by atoms with Gasteiger partial charge in [-0.1, -0.05) is 0 Å². The van der Waals surface area contributed by atoms with Crippen molar-refractivity contribution in [2.24, 2.45) is 0 Å². The normalized spacial score (nSPS) is 16.8. The number of rotatable bonds is 0. The minimum atomic E-state index is -4.67. The van der Waals surface area contributed by atoms with Gasteiger partial charge in [0, 0.05) is 0 Å². The topological polar surface area (TPSA) is 125 Å². The van der Waals surface area contributed by atoms with E-state index in [1.54, 1.807) is 0 Å². The molecule has 1 saturated heterocycles. The molecule has 1 fully saturated rings. The van der Waals surface area contributed by atoms with Crippen LogP contribution in [0.25, 0.3) is 0 Å². The van der Waals surface area contributed by atoms with Gasteiger partial charge in [-0.15, -0.1) is 0 Å². The van der Waals surface area contributed by atoms with Crippen molar-refractivity contribution in [3.05, 3.63) is 0 Å². The largest absolute Gasteiger partial charge is 0.412 e. The third-order valence-corrected chi connectivity index (χ3v) is 0.744. The van der Waals surface area contributed by atoms with Crippen molar-refractivity contribution >= 4 is 10.4 Å². The van der Waals surface area contributed by atoms with Crippen LogP contribution in [0.1, 0.15) is 0 Å². The molecule has 0 amide bonds. The van der Waals surface area contributed by atoms with Gasteiger partial charge in [0.15, 0.2) is 0 Å². The van der Waals surface area contributed by atoms with E-state index in [1.165, 1.54) is 0 Å². The highest BCUT2D eigenvalue weighted by Crippen LogP contribution is 1.85. The maximum Gasteiger partial charge on any atom is 0.394 e. The van der Waals surface area contributed by atoms with E-state index in [-0.39, 0.29) is 5.48 Å². The highest BCUT2D eigenvalue weighted by molar-refractivity contribution is 7.79. The van der Waals surface area contributed by atoms with Crippen molar-refractivity contribution in [1.82, 2.24) is 0 Å². The predicted octanol–water partition coefficient (Wildman–Crippen LogP) is -1.44. The molecule has 0 unspecified atom stereocenters. The molecule has 76 valence electrons. The Morgan fingerprint density at radius 1 is 0.917 bits per heavy atom. The van der Waals surface area contributed by atoms with Crippen molar-refractivity contribution < 1.29 is 32.5 Å². The fourth-order valence-corrected chi connectivity index (χ4v) is 0.440. The van der Waals surface area contributed by atoms with Gasteiger partial charge in [-0.05, 0) is 0 Å². The molecule has 8 heteroatoms. The third kappa shape index (κ3) is 22.6. The molecule has 7 nitrogen and oxygen atoms in total. The maximum absolute atomic E-state index is 8.74. The van der Waals surface area contributed by atoms with Crippen LogP contribution in [0, 0.1) is 0 Å². The maximum atomic E-state index is 8.74. The predicted molar refractivity (Wildman–Crippen MR) is 39.4 cm³/mol. The van der Waals surface area contributed by atoms with E-state index in [2.05, 4.69) is 0 Å². The van der Waals surface area contributed by atoms with E-state index >= 15 is 0 Å². The first-order valence-electron chi connectivity index (χ1n) is 2.85. The lowest BCUT2D eigenvalue weighted by Crippen LogP contribution is -2.16. The highest BCUT2D eigenvalue weighted by Gasteiger charge is 1.94. The molecule has 1 rings (SSSR count). The van der Waals surface area contributed by atoms with Crippen LogP contribution in [0.3, 0.4) is 0 Å². The Hall–Kier alpha value is -0.250. The number of ether oxygens (including phenoxy) is 2. The second-order valence-electron chi connectivity index (χ2n) is 1.67. The molecular formula is C4H12O7S. The molecule has 0 aromatic carbocycles. The van der Waals surface area contributed by atoms with Crippen molar-refractivity contribution in [2.45, 2.75) is 0 Å². The summed E-state index contributed by atoms with van der Waals surface area (Å²) >= 11 is 0. The summed E-state index contributed by atoms with van der Waals surface area (Å²) in [5.41, 5.74) is 0. The fourth-order valence-electron chi connectivity index (χ4n) is 0.440. The minimum absolute atomic E-state index is 0. The van der Waals surface area contributed by atoms with E-state index in [0.717, 1.165) is 26.4 Å². The van der Waals surface area contributed by atoms with Gasteiger partial charge in [-0.25, -0.2) is 0 Å². The Morgan fingerprint density at radius 3 is 1.17 bits per heavy atom. The van der Waals surface area contributed by atoms with Gasteiger partial charge in [0.1, 0.15) is 0 Å². The van der Waals surface area contributed by atoms with Gasteiger partial charge in [-0.3, -0.25) is 9.11 Å². The van der Waals surface area contributed by atoms with Crippen LogP contribution in [0.15, 0.2) is 0 Å².